The molecule has 1 aromatic carbocycles. The van der Waals surface area contributed by atoms with Crippen LogP contribution >= 0.6 is 0 Å². The van der Waals surface area contributed by atoms with Gasteiger partial charge in [0.2, 0.25) is 10.0 Å². The van der Waals surface area contributed by atoms with E-state index in [2.05, 4.69) is 16.6 Å². The van der Waals surface area contributed by atoms with Gasteiger partial charge in [-0.25, -0.2) is 13.1 Å². The fourth-order valence-electron chi connectivity index (χ4n) is 1.62. The Kier molecular flexibility index (Phi) is 6.68. The number of nitrogens with two attached hydrogens (primary N) is 1. The Bertz CT molecular complexity index is 588. The lowest BCUT2D eigenvalue weighted by molar-refractivity contribution is 0.173. The van der Waals surface area contributed by atoms with Gasteiger partial charge in [0.05, 0.1) is 18.0 Å². The van der Waals surface area contributed by atoms with Gasteiger partial charge in [0.25, 0.3) is 0 Å². The van der Waals surface area contributed by atoms with E-state index in [9.17, 15) is 8.42 Å². The molecular weight excluding hydrogens is 276 g/mol. The summed E-state index contributed by atoms with van der Waals surface area (Å²) >= 11 is 0. The Labute approximate surface area is 120 Å². The van der Waals surface area contributed by atoms with Crippen molar-refractivity contribution in [3.05, 3.63) is 29.8 Å². The molecule has 1 aromatic rings. The summed E-state index contributed by atoms with van der Waals surface area (Å²) in [5.41, 5.74) is 5.92. The molecule has 110 valence electrons. The van der Waals surface area contributed by atoms with Gasteiger partial charge in [0.1, 0.15) is 0 Å². The minimum Gasteiger partial charge on any atom is -0.383 e. The molecule has 0 aromatic heterocycles. The van der Waals surface area contributed by atoms with Crippen LogP contribution in [0.25, 0.3) is 0 Å². The van der Waals surface area contributed by atoms with Crippen molar-refractivity contribution in [3.8, 4) is 11.8 Å². The van der Waals surface area contributed by atoms with E-state index in [4.69, 9.17) is 10.5 Å². The smallest absolute Gasteiger partial charge is 0.240 e. The SMILES string of the molecule is CCC(COC)NS(=O)(=O)c1cccc(C#CCN)c1. The predicted octanol–water partition coefficient (Wildman–Crippen LogP) is 0.700. The van der Waals surface area contributed by atoms with E-state index in [0.29, 0.717) is 18.6 Å². The second kappa shape index (κ2) is 8.02. The van der Waals surface area contributed by atoms with Crippen LogP contribution in [0.2, 0.25) is 0 Å². The lowest BCUT2D eigenvalue weighted by atomic mass is 10.2. The highest BCUT2D eigenvalue weighted by Crippen LogP contribution is 2.12. The maximum absolute atomic E-state index is 12.3. The molecule has 0 saturated heterocycles. The molecule has 0 aliphatic carbocycles. The van der Waals surface area contributed by atoms with Crippen molar-refractivity contribution in [2.75, 3.05) is 20.3 Å². The van der Waals surface area contributed by atoms with Crippen LogP contribution in [-0.2, 0) is 14.8 Å². The summed E-state index contributed by atoms with van der Waals surface area (Å²) in [5.74, 6) is 5.52. The van der Waals surface area contributed by atoms with Crippen LogP contribution in [0.5, 0.6) is 0 Å². The van der Waals surface area contributed by atoms with Crippen molar-refractivity contribution >= 4 is 10.0 Å². The summed E-state index contributed by atoms with van der Waals surface area (Å²) in [6, 6.07) is 6.23. The minimum absolute atomic E-state index is 0.191. The van der Waals surface area contributed by atoms with Crippen LogP contribution in [-0.4, -0.2) is 34.7 Å². The highest BCUT2D eigenvalue weighted by Gasteiger charge is 2.19. The summed E-state index contributed by atoms with van der Waals surface area (Å²) in [4.78, 5) is 0.191. The molecule has 1 unspecified atom stereocenters. The third kappa shape index (κ3) is 4.94. The number of hydrogen-bond acceptors (Lipinski definition) is 4. The summed E-state index contributed by atoms with van der Waals surface area (Å²) in [6.07, 6.45) is 0.653. The average molecular weight is 296 g/mol. The molecule has 0 aliphatic heterocycles. The first-order chi connectivity index (χ1) is 9.53. The van der Waals surface area contributed by atoms with E-state index >= 15 is 0 Å². The lowest BCUT2D eigenvalue weighted by Crippen LogP contribution is -2.37. The van der Waals surface area contributed by atoms with E-state index in [0.717, 1.165) is 0 Å². The van der Waals surface area contributed by atoms with Crippen LogP contribution in [0.4, 0.5) is 0 Å². The van der Waals surface area contributed by atoms with Crippen molar-refractivity contribution < 1.29 is 13.2 Å². The first-order valence-corrected chi connectivity index (χ1v) is 7.82. The zero-order valence-electron chi connectivity index (χ0n) is 11.7. The number of hydrogen-bond donors (Lipinski definition) is 2. The molecule has 0 saturated carbocycles. The Morgan fingerprint density at radius 1 is 1.45 bits per heavy atom. The molecule has 0 spiro atoms. The van der Waals surface area contributed by atoms with Crippen molar-refractivity contribution in [2.24, 2.45) is 5.73 Å². The molecule has 1 atom stereocenters. The molecule has 3 N–H and O–H groups in total. The fourth-order valence-corrected chi connectivity index (χ4v) is 2.97. The zero-order chi connectivity index (χ0) is 15.0. The van der Waals surface area contributed by atoms with Crippen molar-refractivity contribution in [1.82, 2.24) is 4.72 Å². The summed E-state index contributed by atoms with van der Waals surface area (Å²) < 4.78 is 32.1. The quantitative estimate of drug-likeness (QED) is 0.757. The van der Waals surface area contributed by atoms with Gasteiger partial charge < -0.3 is 10.5 Å². The molecule has 5 nitrogen and oxygen atoms in total. The zero-order valence-corrected chi connectivity index (χ0v) is 12.5. The van der Waals surface area contributed by atoms with Crippen molar-refractivity contribution in [1.29, 1.82) is 0 Å². The van der Waals surface area contributed by atoms with Gasteiger partial charge in [0, 0.05) is 18.7 Å². The van der Waals surface area contributed by atoms with Crippen LogP contribution in [0.3, 0.4) is 0 Å². The number of methoxy groups -OCH3 is 1. The van der Waals surface area contributed by atoms with E-state index in [1.165, 1.54) is 12.1 Å². The van der Waals surface area contributed by atoms with Gasteiger partial charge in [-0.3, -0.25) is 0 Å². The van der Waals surface area contributed by atoms with Crippen LogP contribution in [0.15, 0.2) is 29.2 Å². The standard InChI is InChI=1S/C14H20N2O3S/c1-3-13(11-19-2)16-20(17,18)14-8-4-6-12(10-14)7-5-9-15/h4,6,8,10,13,16H,3,9,11,15H2,1-2H3. The maximum Gasteiger partial charge on any atom is 0.240 e. The highest BCUT2D eigenvalue weighted by molar-refractivity contribution is 7.89. The van der Waals surface area contributed by atoms with Crippen LogP contribution in [0, 0.1) is 11.8 Å². The molecule has 1 rings (SSSR count). The number of nitrogens with one attached hydrogen (secondary N) is 1. The van der Waals surface area contributed by atoms with Crippen molar-refractivity contribution in [2.45, 2.75) is 24.3 Å². The minimum atomic E-state index is -3.57. The Balaban J connectivity index is 2.97. The maximum atomic E-state index is 12.3. The molecule has 0 amide bonds. The Hall–Kier alpha value is -1.39. The molecule has 6 heteroatoms. The number of ether oxygens (including phenoxy) is 1. The van der Waals surface area contributed by atoms with Gasteiger partial charge in [-0.15, -0.1) is 0 Å². The first kappa shape index (κ1) is 16.7. The van der Waals surface area contributed by atoms with Crippen molar-refractivity contribution in [3.63, 3.8) is 0 Å². The topological polar surface area (TPSA) is 81.4 Å². The molecular formula is C14H20N2O3S. The molecule has 0 heterocycles. The summed E-state index contributed by atoms with van der Waals surface area (Å²) in [5, 5.41) is 0. The average Bonchev–Trinajstić information content (AvgIpc) is 2.44. The summed E-state index contributed by atoms with van der Waals surface area (Å²) in [6.45, 7) is 2.47. The van der Waals surface area contributed by atoms with E-state index in [-0.39, 0.29) is 17.5 Å². The molecule has 0 radical (unpaired) electrons. The van der Waals surface area contributed by atoms with E-state index in [1.54, 1.807) is 19.2 Å². The molecule has 0 fully saturated rings. The van der Waals surface area contributed by atoms with Gasteiger partial charge in [-0.2, -0.15) is 0 Å². The van der Waals surface area contributed by atoms with Gasteiger partial charge in [0.15, 0.2) is 0 Å². The number of rotatable bonds is 6. The lowest BCUT2D eigenvalue weighted by Gasteiger charge is -2.16. The van der Waals surface area contributed by atoms with E-state index in [1.807, 2.05) is 6.92 Å². The third-order valence-corrected chi connectivity index (χ3v) is 4.18. The first-order valence-electron chi connectivity index (χ1n) is 6.33. The second-order valence-electron chi connectivity index (χ2n) is 4.22. The number of benzene rings is 1. The monoisotopic (exact) mass is 296 g/mol. The fraction of sp³-hybridized carbons (Fsp3) is 0.429. The second-order valence-corrected chi connectivity index (χ2v) is 5.93. The third-order valence-electron chi connectivity index (χ3n) is 2.66. The Morgan fingerprint density at radius 2 is 2.20 bits per heavy atom. The van der Waals surface area contributed by atoms with Gasteiger partial charge >= 0.3 is 0 Å². The largest absolute Gasteiger partial charge is 0.383 e. The summed E-state index contributed by atoms with van der Waals surface area (Å²) in [7, 11) is -2.03. The van der Waals surface area contributed by atoms with Crippen LogP contribution in [0.1, 0.15) is 18.9 Å². The van der Waals surface area contributed by atoms with E-state index < -0.39 is 10.0 Å². The molecule has 0 aliphatic rings. The van der Waals surface area contributed by atoms with Crippen LogP contribution < -0.4 is 10.5 Å². The highest BCUT2D eigenvalue weighted by atomic mass is 32.2. The normalized spacial score (nSPS) is 12.6. The molecule has 0 bridgehead atoms. The number of sulfonamides is 1. The van der Waals surface area contributed by atoms with Gasteiger partial charge in [-0.1, -0.05) is 24.8 Å². The van der Waals surface area contributed by atoms with Gasteiger partial charge in [-0.05, 0) is 24.6 Å². The molecule has 20 heavy (non-hydrogen) atoms. The Morgan fingerprint density at radius 3 is 2.80 bits per heavy atom. The predicted molar refractivity (Wildman–Crippen MR) is 78.7 cm³/mol.